The molecule has 0 N–H and O–H groups in total. The average Bonchev–Trinajstić information content (AvgIpc) is 2.93. The zero-order valence-corrected chi connectivity index (χ0v) is 13.7. The Hall–Kier alpha value is -3.02. The molecular formula is C19H16F2N4. The molecule has 0 unspecified atom stereocenters. The highest BCUT2D eigenvalue weighted by atomic mass is 19.2. The lowest BCUT2D eigenvalue weighted by molar-refractivity contribution is 0.509. The molecule has 1 aliphatic heterocycles. The zero-order chi connectivity index (χ0) is 17.4. The first-order valence-electron chi connectivity index (χ1n) is 7.93. The van der Waals surface area contributed by atoms with Crippen molar-refractivity contribution >= 4 is 11.5 Å². The van der Waals surface area contributed by atoms with Gasteiger partial charge in [0.25, 0.3) is 0 Å². The Kier molecular flexibility index (Phi) is 3.80. The number of hydrogen-bond donors (Lipinski definition) is 0. The predicted octanol–water partition coefficient (Wildman–Crippen LogP) is 3.84. The van der Waals surface area contributed by atoms with Crippen molar-refractivity contribution in [2.24, 2.45) is 0 Å². The van der Waals surface area contributed by atoms with Crippen LogP contribution < -0.4 is 9.80 Å². The highest BCUT2D eigenvalue weighted by molar-refractivity contribution is 5.78. The first kappa shape index (κ1) is 15.5. The number of rotatable bonds is 3. The number of nitrogens with zero attached hydrogens (tertiary/aromatic N) is 4. The maximum Gasteiger partial charge on any atom is 0.159 e. The van der Waals surface area contributed by atoms with Gasteiger partial charge in [-0.3, -0.25) is 4.98 Å². The van der Waals surface area contributed by atoms with Crippen molar-refractivity contribution in [2.45, 2.75) is 6.54 Å². The van der Waals surface area contributed by atoms with Crippen molar-refractivity contribution in [3.05, 3.63) is 72.2 Å². The van der Waals surface area contributed by atoms with E-state index in [0.717, 1.165) is 28.8 Å². The van der Waals surface area contributed by atoms with Gasteiger partial charge in [0.1, 0.15) is 0 Å². The molecule has 1 aromatic carbocycles. The highest BCUT2D eigenvalue weighted by Crippen LogP contribution is 2.37. The van der Waals surface area contributed by atoms with Crippen molar-refractivity contribution < 1.29 is 8.78 Å². The van der Waals surface area contributed by atoms with Gasteiger partial charge in [0, 0.05) is 25.0 Å². The molecule has 0 spiro atoms. The maximum absolute atomic E-state index is 13.5. The van der Waals surface area contributed by atoms with Crippen molar-refractivity contribution in [3.8, 4) is 11.1 Å². The van der Waals surface area contributed by atoms with Gasteiger partial charge in [-0.25, -0.2) is 13.8 Å². The van der Waals surface area contributed by atoms with Crippen LogP contribution >= 0.6 is 0 Å². The van der Waals surface area contributed by atoms with E-state index in [9.17, 15) is 8.78 Å². The monoisotopic (exact) mass is 338 g/mol. The normalized spacial score (nSPS) is 13.2. The van der Waals surface area contributed by atoms with Gasteiger partial charge in [0.05, 0.1) is 24.6 Å². The Bertz CT molecular complexity index is 915. The van der Waals surface area contributed by atoms with Crippen LogP contribution in [0.5, 0.6) is 0 Å². The molecule has 4 rings (SSSR count). The third-order valence-electron chi connectivity index (χ3n) is 4.26. The lowest BCUT2D eigenvalue weighted by Crippen LogP contribution is -2.27. The van der Waals surface area contributed by atoms with Crippen LogP contribution in [-0.2, 0) is 6.54 Å². The van der Waals surface area contributed by atoms with E-state index in [2.05, 4.69) is 14.9 Å². The molecule has 0 aliphatic carbocycles. The van der Waals surface area contributed by atoms with Crippen molar-refractivity contribution in [1.29, 1.82) is 0 Å². The molecule has 0 radical (unpaired) electrons. The number of fused-ring (bicyclic) bond motifs is 1. The molecule has 6 heteroatoms. The topological polar surface area (TPSA) is 32.3 Å². The van der Waals surface area contributed by atoms with E-state index in [1.165, 1.54) is 6.07 Å². The zero-order valence-electron chi connectivity index (χ0n) is 13.7. The molecule has 4 nitrogen and oxygen atoms in total. The van der Waals surface area contributed by atoms with E-state index in [-0.39, 0.29) is 0 Å². The number of benzene rings is 1. The molecule has 0 fully saturated rings. The summed E-state index contributed by atoms with van der Waals surface area (Å²) in [6, 6.07) is 11.7. The Morgan fingerprint density at radius 2 is 1.88 bits per heavy atom. The fourth-order valence-electron chi connectivity index (χ4n) is 3.03. The van der Waals surface area contributed by atoms with E-state index in [4.69, 9.17) is 0 Å². The van der Waals surface area contributed by atoms with E-state index >= 15 is 0 Å². The fourth-order valence-corrected chi connectivity index (χ4v) is 3.03. The van der Waals surface area contributed by atoms with Gasteiger partial charge in [-0.15, -0.1) is 0 Å². The Balaban J connectivity index is 1.70. The van der Waals surface area contributed by atoms with Gasteiger partial charge in [-0.1, -0.05) is 12.1 Å². The van der Waals surface area contributed by atoms with Gasteiger partial charge < -0.3 is 9.80 Å². The van der Waals surface area contributed by atoms with E-state index in [1.54, 1.807) is 18.5 Å². The SMILES string of the molecule is CN1CN(Cc2ccccn2)c2cc(-c3ccc(F)c(F)c3)cnc21. The number of pyridine rings is 2. The minimum Gasteiger partial charge on any atom is -0.345 e. The highest BCUT2D eigenvalue weighted by Gasteiger charge is 2.25. The maximum atomic E-state index is 13.5. The van der Waals surface area contributed by atoms with Crippen LogP contribution in [0.3, 0.4) is 0 Å². The van der Waals surface area contributed by atoms with Crippen LogP contribution in [0, 0.1) is 11.6 Å². The number of hydrogen-bond acceptors (Lipinski definition) is 4. The van der Waals surface area contributed by atoms with Crippen LogP contribution in [0.15, 0.2) is 54.9 Å². The second-order valence-electron chi connectivity index (χ2n) is 6.05. The molecule has 0 saturated heterocycles. The minimum atomic E-state index is -0.861. The fraction of sp³-hybridized carbons (Fsp3) is 0.158. The summed E-state index contributed by atoms with van der Waals surface area (Å²) < 4.78 is 26.7. The second kappa shape index (κ2) is 6.12. The minimum absolute atomic E-state index is 0.599. The summed E-state index contributed by atoms with van der Waals surface area (Å²) in [5.41, 5.74) is 3.26. The lowest BCUT2D eigenvalue weighted by Gasteiger charge is -2.18. The third kappa shape index (κ3) is 2.91. The quantitative estimate of drug-likeness (QED) is 0.726. The standard InChI is InChI=1S/C19H16F2N4/c1-24-12-25(11-15-4-2-3-7-22-15)18-9-14(10-23-19(18)24)13-5-6-16(20)17(21)8-13/h2-10H,11-12H2,1H3. The molecule has 3 aromatic rings. The molecule has 0 amide bonds. The number of anilines is 2. The Morgan fingerprint density at radius 3 is 2.64 bits per heavy atom. The van der Waals surface area contributed by atoms with Crippen LogP contribution in [-0.4, -0.2) is 23.7 Å². The van der Waals surface area contributed by atoms with E-state index in [1.807, 2.05) is 36.2 Å². The summed E-state index contributed by atoms with van der Waals surface area (Å²) in [5.74, 6) is -0.850. The van der Waals surface area contributed by atoms with Crippen molar-refractivity contribution in [2.75, 3.05) is 23.5 Å². The molecule has 0 atom stereocenters. The van der Waals surface area contributed by atoms with Crippen LogP contribution in [0.25, 0.3) is 11.1 Å². The third-order valence-corrected chi connectivity index (χ3v) is 4.26. The summed E-state index contributed by atoms with van der Waals surface area (Å²) in [5, 5.41) is 0. The average molecular weight is 338 g/mol. The van der Waals surface area contributed by atoms with Gasteiger partial charge in [0.2, 0.25) is 0 Å². The Labute approximate surface area is 144 Å². The van der Waals surface area contributed by atoms with Gasteiger partial charge in [0.15, 0.2) is 17.5 Å². The molecular weight excluding hydrogens is 322 g/mol. The van der Waals surface area contributed by atoms with Crippen molar-refractivity contribution in [3.63, 3.8) is 0 Å². The lowest BCUT2D eigenvalue weighted by atomic mass is 10.1. The molecule has 126 valence electrons. The summed E-state index contributed by atoms with van der Waals surface area (Å²) in [4.78, 5) is 13.1. The van der Waals surface area contributed by atoms with Crippen LogP contribution in [0.4, 0.5) is 20.3 Å². The molecule has 0 saturated carbocycles. The van der Waals surface area contributed by atoms with Crippen LogP contribution in [0.2, 0.25) is 0 Å². The second-order valence-corrected chi connectivity index (χ2v) is 6.05. The van der Waals surface area contributed by atoms with E-state index in [0.29, 0.717) is 18.8 Å². The van der Waals surface area contributed by atoms with Crippen LogP contribution in [0.1, 0.15) is 5.69 Å². The predicted molar refractivity (Wildman–Crippen MR) is 93.3 cm³/mol. The summed E-state index contributed by atoms with van der Waals surface area (Å²) in [6.07, 6.45) is 3.46. The number of halogens is 2. The molecule has 25 heavy (non-hydrogen) atoms. The summed E-state index contributed by atoms with van der Waals surface area (Å²) in [7, 11) is 1.97. The van der Waals surface area contributed by atoms with E-state index < -0.39 is 11.6 Å². The Morgan fingerprint density at radius 1 is 1.00 bits per heavy atom. The number of aromatic nitrogens is 2. The first-order valence-corrected chi connectivity index (χ1v) is 7.93. The van der Waals surface area contributed by atoms with Gasteiger partial charge >= 0.3 is 0 Å². The first-order chi connectivity index (χ1) is 12.1. The molecule has 3 heterocycles. The van der Waals surface area contributed by atoms with Gasteiger partial charge in [-0.05, 0) is 35.9 Å². The smallest absolute Gasteiger partial charge is 0.159 e. The largest absolute Gasteiger partial charge is 0.345 e. The van der Waals surface area contributed by atoms with Crippen molar-refractivity contribution in [1.82, 2.24) is 9.97 Å². The summed E-state index contributed by atoms with van der Waals surface area (Å²) in [6.45, 7) is 1.35. The molecule has 0 bridgehead atoms. The molecule has 1 aliphatic rings. The summed E-state index contributed by atoms with van der Waals surface area (Å²) >= 11 is 0. The van der Waals surface area contributed by atoms with Gasteiger partial charge in [-0.2, -0.15) is 0 Å². The molecule has 2 aromatic heterocycles.